The second-order valence-electron chi connectivity index (χ2n) is 5.93. The predicted octanol–water partition coefficient (Wildman–Crippen LogP) is 4.13. The van der Waals surface area contributed by atoms with E-state index < -0.39 is 5.41 Å². The van der Waals surface area contributed by atoms with Crippen molar-refractivity contribution >= 4 is 23.7 Å². The SMILES string of the molecule is CC(C)(CCCCl)C(=O)N1N=CCC1c1cccc(F)c1. The van der Waals surface area contributed by atoms with Gasteiger partial charge in [-0.05, 0) is 30.5 Å². The molecule has 0 saturated carbocycles. The molecule has 1 aliphatic heterocycles. The van der Waals surface area contributed by atoms with E-state index in [1.54, 1.807) is 12.3 Å². The molecule has 1 aliphatic rings. The fourth-order valence-corrected chi connectivity index (χ4v) is 2.66. The van der Waals surface area contributed by atoms with Crippen LogP contribution in [0.25, 0.3) is 0 Å². The average Bonchev–Trinajstić information content (AvgIpc) is 2.93. The number of hydrogen-bond donors (Lipinski definition) is 0. The van der Waals surface area contributed by atoms with Gasteiger partial charge in [0.05, 0.1) is 6.04 Å². The van der Waals surface area contributed by atoms with Crippen LogP contribution >= 0.6 is 11.6 Å². The highest BCUT2D eigenvalue weighted by Gasteiger charge is 2.37. The van der Waals surface area contributed by atoms with Gasteiger partial charge in [-0.15, -0.1) is 11.6 Å². The lowest BCUT2D eigenvalue weighted by Gasteiger charge is -2.31. The fourth-order valence-electron chi connectivity index (χ4n) is 2.53. The van der Waals surface area contributed by atoms with E-state index in [0.717, 1.165) is 12.0 Å². The van der Waals surface area contributed by atoms with Gasteiger partial charge in [-0.3, -0.25) is 4.79 Å². The molecular weight excluding hydrogens is 291 g/mol. The van der Waals surface area contributed by atoms with Crippen molar-refractivity contribution in [1.82, 2.24) is 5.01 Å². The third-order valence-corrected chi connectivity index (χ3v) is 4.05. The van der Waals surface area contributed by atoms with Gasteiger partial charge in [-0.1, -0.05) is 26.0 Å². The number of carbonyl (C=O) groups is 1. The van der Waals surface area contributed by atoms with Gasteiger partial charge >= 0.3 is 0 Å². The first-order valence-electron chi connectivity index (χ1n) is 7.13. The Morgan fingerprint density at radius 1 is 1.52 bits per heavy atom. The Bertz CT molecular complexity index is 545. The molecule has 2 rings (SSSR count). The number of alkyl halides is 1. The maximum Gasteiger partial charge on any atom is 0.248 e. The van der Waals surface area contributed by atoms with E-state index in [0.29, 0.717) is 18.7 Å². The van der Waals surface area contributed by atoms with Crippen LogP contribution < -0.4 is 0 Å². The minimum atomic E-state index is -0.526. The number of hydrazone groups is 1. The largest absolute Gasteiger partial charge is 0.272 e. The summed E-state index contributed by atoms with van der Waals surface area (Å²) in [4.78, 5) is 12.7. The normalized spacial score (nSPS) is 18.3. The quantitative estimate of drug-likeness (QED) is 0.753. The van der Waals surface area contributed by atoms with Gasteiger partial charge in [0.25, 0.3) is 0 Å². The van der Waals surface area contributed by atoms with Crippen molar-refractivity contribution in [2.24, 2.45) is 10.5 Å². The minimum Gasteiger partial charge on any atom is -0.272 e. The van der Waals surface area contributed by atoms with Crippen molar-refractivity contribution in [3.63, 3.8) is 0 Å². The van der Waals surface area contributed by atoms with E-state index in [9.17, 15) is 9.18 Å². The lowest BCUT2D eigenvalue weighted by Crippen LogP contribution is -2.38. The Labute approximate surface area is 129 Å². The summed E-state index contributed by atoms with van der Waals surface area (Å²) in [5.41, 5.74) is 0.247. The molecule has 0 bridgehead atoms. The molecule has 0 N–H and O–H groups in total. The summed E-state index contributed by atoms with van der Waals surface area (Å²) >= 11 is 5.72. The van der Waals surface area contributed by atoms with E-state index in [2.05, 4.69) is 5.10 Å². The van der Waals surface area contributed by atoms with Crippen LogP contribution in [0.2, 0.25) is 0 Å². The summed E-state index contributed by atoms with van der Waals surface area (Å²) < 4.78 is 13.4. The standard InChI is InChI=1S/C16H20ClFN2O/c1-16(2,8-4-9-17)15(21)20-14(7-10-19-20)12-5-3-6-13(18)11-12/h3,5-6,10-11,14H,4,7-9H2,1-2H3. The molecule has 5 heteroatoms. The van der Waals surface area contributed by atoms with E-state index in [1.165, 1.54) is 17.1 Å². The van der Waals surface area contributed by atoms with Crippen molar-refractivity contribution in [2.45, 2.75) is 39.2 Å². The molecule has 114 valence electrons. The van der Waals surface area contributed by atoms with Crippen molar-refractivity contribution < 1.29 is 9.18 Å². The van der Waals surface area contributed by atoms with Crippen molar-refractivity contribution in [3.8, 4) is 0 Å². The molecule has 0 saturated heterocycles. The molecule has 0 aliphatic carbocycles. The van der Waals surface area contributed by atoms with Crippen LogP contribution in [0.4, 0.5) is 4.39 Å². The highest BCUT2D eigenvalue weighted by Crippen LogP contribution is 2.34. The van der Waals surface area contributed by atoms with Crippen LogP contribution in [-0.2, 0) is 4.79 Å². The smallest absolute Gasteiger partial charge is 0.248 e. The van der Waals surface area contributed by atoms with E-state index in [-0.39, 0.29) is 17.8 Å². The van der Waals surface area contributed by atoms with Gasteiger partial charge in [0, 0.05) is 23.9 Å². The van der Waals surface area contributed by atoms with Gasteiger partial charge in [-0.2, -0.15) is 5.10 Å². The summed E-state index contributed by atoms with van der Waals surface area (Å²) in [7, 11) is 0. The molecule has 1 atom stereocenters. The monoisotopic (exact) mass is 310 g/mol. The Balaban J connectivity index is 2.18. The third-order valence-electron chi connectivity index (χ3n) is 3.79. The topological polar surface area (TPSA) is 32.7 Å². The number of nitrogens with zero attached hydrogens (tertiary/aromatic N) is 2. The first kappa shape index (κ1) is 16.0. The van der Waals surface area contributed by atoms with E-state index in [4.69, 9.17) is 11.6 Å². The molecule has 1 unspecified atom stereocenters. The van der Waals surface area contributed by atoms with Gasteiger partial charge in [0.15, 0.2) is 0 Å². The summed E-state index contributed by atoms with van der Waals surface area (Å²) in [5, 5.41) is 5.69. The molecular formula is C16H20ClFN2O. The molecule has 0 aromatic heterocycles. The second kappa shape index (κ2) is 6.56. The Kier molecular flexibility index (Phi) is 4.99. The van der Waals surface area contributed by atoms with Crippen molar-refractivity contribution in [3.05, 3.63) is 35.6 Å². The van der Waals surface area contributed by atoms with Crippen LogP contribution in [0, 0.1) is 11.2 Å². The molecule has 1 aromatic rings. The van der Waals surface area contributed by atoms with Gasteiger partial charge in [0.1, 0.15) is 5.82 Å². The van der Waals surface area contributed by atoms with E-state index in [1.807, 2.05) is 19.9 Å². The summed E-state index contributed by atoms with van der Waals surface area (Å²) in [6.45, 7) is 3.80. The predicted molar refractivity (Wildman–Crippen MR) is 82.8 cm³/mol. The number of halogens is 2. The zero-order valence-electron chi connectivity index (χ0n) is 12.4. The minimum absolute atomic E-state index is 0.0457. The lowest BCUT2D eigenvalue weighted by molar-refractivity contribution is -0.142. The Hall–Kier alpha value is -1.42. The molecule has 1 aromatic carbocycles. The van der Waals surface area contributed by atoms with Crippen molar-refractivity contribution in [2.75, 3.05) is 5.88 Å². The molecule has 1 amide bonds. The summed E-state index contributed by atoms with van der Waals surface area (Å²) in [6, 6.07) is 6.13. The van der Waals surface area contributed by atoms with Crippen molar-refractivity contribution in [1.29, 1.82) is 0 Å². The maximum atomic E-state index is 13.4. The fraction of sp³-hybridized carbons (Fsp3) is 0.500. The van der Waals surface area contributed by atoms with E-state index >= 15 is 0 Å². The third kappa shape index (κ3) is 3.62. The highest BCUT2D eigenvalue weighted by molar-refractivity contribution is 6.17. The molecule has 3 nitrogen and oxygen atoms in total. The number of amides is 1. The van der Waals surface area contributed by atoms with Gasteiger partial charge in [0.2, 0.25) is 5.91 Å². The number of rotatable bonds is 5. The number of hydrogen-bond acceptors (Lipinski definition) is 2. The number of carbonyl (C=O) groups excluding carboxylic acids is 1. The zero-order chi connectivity index (χ0) is 15.5. The first-order valence-corrected chi connectivity index (χ1v) is 7.66. The average molecular weight is 311 g/mol. The maximum absolute atomic E-state index is 13.4. The van der Waals surface area contributed by atoms with Crippen LogP contribution in [0.1, 0.15) is 44.7 Å². The number of benzene rings is 1. The molecule has 0 spiro atoms. The zero-order valence-corrected chi connectivity index (χ0v) is 13.1. The molecule has 1 heterocycles. The van der Waals surface area contributed by atoms with Gasteiger partial charge < -0.3 is 0 Å². The molecule has 0 radical (unpaired) electrons. The van der Waals surface area contributed by atoms with Crippen LogP contribution in [0.3, 0.4) is 0 Å². The molecule has 0 fully saturated rings. The lowest BCUT2D eigenvalue weighted by atomic mass is 9.86. The van der Waals surface area contributed by atoms with Crippen LogP contribution in [0.15, 0.2) is 29.4 Å². The Morgan fingerprint density at radius 3 is 2.95 bits per heavy atom. The summed E-state index contributed by atoms with van der Waals surface area (Å²) in [5.74, 6) is 0.191. The Morgan fingerprint density at radius 2 is 2.29 bits per heavy atom. The highest BCUT2D eigenvalue weighted by atomic mass is 35.5. The van der Waals surface area contributed by atoms with Crippen LogP contribution in [-0.4, -0.2) is 23.0 Å². The van der Waals surface area contributed by atoms with Gasteiger partial charge in [-0.25, -0.2) is 9.40 Å². The van der Waals surface area contributed by atoms with Crippen LogP contribution in [0.5, 0.6) is 0 Å². The second-order valence-corrected chi connectivity index (χ2v) is 6.31. The molecule has 21 heavy (non-hydrogen) atoms. The first-order chi connectivity index (χ1) is 9.95. The summed E-state index contributed by atoms with van der Waals surface area (Å²) in [6.07, 6.45) is 3.81.